The minimum absolute atomic E-state index is 0.339. The highest BCUT2D eigenvalue weighted by atomic mass is 16.5. The monoisotopic (exact) mass is 326 g/mol. The molecule has 4 heteroatoms. The summed E-state index contributed by atoms with van der Waals surface area (Å²) in [6, 6.07) is 17.1. The number of aliphatic hydroxyl groups excluding tert-OH is 1. The maximum atomic E-state index is 11.8. The van der Waals surface area contributed by atoms with Crippen molar-refractivity contribution in [2.45, 2.75) is 32.5 Å². The van der Waals surface area contributed by atoms with Crippen LogP contribution in [0.1, 0.15) is 31.1 Å². The Labute approximate surface area is 141 Å². The predicted octanol–water partition coefficient (Wildman–Crippen LogP) is 3.45. The van der Waals surface area contributed by atoms with E-state index in [1.807, 2.05) is 48.5 Å². The summed E-state index contributed by atoms with van der Waals surface area (Å²) in [6.45, 7) is 3.30. The third-order valence-electron chi connectivity index (χ3n) is 4.86. The molecule has 0 radical (unpaired) electrons. The Morgan fingerprint density at radius 1 is 1.08 bits per heavy atom. The van der Waals surface area contributed by atoms with Gasteiger partial charge in [0.05, 0.1) is 11.5 Å². The molecule has 0 fully saturated rings. The van der Waals surface area contributed by atoms with E-state index in [0.717, 1.165) is 11.1 Å². The third-order valence-corrected chi connectivity index (χ3v) is 4.86. The van der Waals surface area contributed by atoms with E-state index in [-0.39, 0.29) is 5.92 Å². The first-order valence-electron chi connectivity index (χ1n) is 8.12. The van der Waals surface area contributed by atoms with Crippen molar-refractivity contribution in [3.05, 3.63) is 65.7 Å². The van der Waals surface area contributed by atoms with Gasteiger partial charge in [0, 0.05) is 11.5 Å². The molecule has 1 aliphatic heterocycles. The van der Waals surface area contributed by atoms with Gasteiger partial charge in [0.2, 0.25) is 0 Å². The van der Waals surface area contributed by atoms with Gasteiger partial charge in [0.15, 0.2) is 0 Å². The molecule has 3 rings (SSSR count). The fourth-order valence-electron chi connectivity index (χ4n) is 3.36. The highest BCUT2D eigenvalue weighted by molar-refractivity contribution is 5.74. The number of aliphatic hydroxyl groups is 1. The molecule has 2 aromatic rings. The van der Waals surface area contributed by atoms with Crippen LogP contribution in [0.5, 0.6) is 5.75 Å². The SMILES string of the molecule is CC(C)(C(=O)O)C1Oc2ccccc2[C@@H](O)[C@@H]1Cc1ccccc1. The first-order chi connectivity index (χ1) is 11.4. The summed E-state index contributed by atoms with van der Waals surface area (Å²) in [5, 5.41) is 20.6. The molecular weight excluding hydrogens is 304 g/mol. The number of para-hydroxylation sites is 1. The van der Waals surface area contributed by atoms with E-state index in [4.69, 9.17) is 4.74 Å². The summed E-state index contributed by atoms with van der Waals surface area (Å²) in [5.74, 6) is -0.709. The molecule has 0 spiro atoms. The molecule has 2 aromatic carbocycles. The number of ether oxygens (including phenoxy) is 1. The van der Waals surface area contributed by atoms with Crippen molar-refractivity contribution in [3.8, 4) is 5.75 Å². The second kappa shape index (κ2) is 6.29. The zero-order valence-corrected chi connectivity index (χ0v) is 13.8. The Balaban J connectivity index is 2.02. The number of carboxylic acids is 1. The summed E-state index contributed by atoms with van der Waals surface area (Å²) >= 11 is 0. The molecule has 0 saturated heterocycles. The average molecular weight is 326 g/mol. The largest absolute Gasteiger partial charge is 0.488 e. The number of rotatable bonds is 4. The molecule has 1 unspecified atom stereocenters. The van der Waals surface area contributed by atoms with E-state index in [2.05, 4.69) is 0 Å². The fraction of sp³-hybridized carbons (Fsp3) is 0.350. The van der Waals surface area contributed by atoms with Crippen molar-refractivity contribution in [2.24, 2.45) is 11.3 Å². The molecule has 3 atom stereocenters. The van der Waals surface area contributed by atoms with Crippen molar-refractivity contribution < 1.29 is 19.7 Å². The minimum Gasteiger partial charge on any atom is -0.488 e. The van der Waals surface area contributed by atoms with Gasteiger partial charge in [-0.1, -0.05) is 48.5 Å². The van der Waals surface area contributed by atoms with Crippen molar-refractivity contribution in [1.82, 2.24) is 0 Å². The first-order valence-corrected chi connectivity index (χ1v) is 8.12. The van der Waals surface area contributed by atoms with E-state index in [0.29, 0.717) is 12.2 Å². The van der Waals surface area contributed by atoms with Crippen LogP contribution in [0.15, 0.2) is 54.6 Å². The molecule has 4 nitrogen and oxygen atoms in total. The van der Waals surface area contributed by atoms with Gasteiger partial charge in [-0.3, -0.25) is 4.79 Å². The molecule has 126 valence electrons. The van der Waals surface area contributed by atoms with E-state index in [1.54, 1.807) is 19.9 Å². The number of hydrogen-bond donors (Lipinski definition) is 2. The van der Waals surface area contributed by atoms with E-state index in [9.17, 15) is 15.0 Å². The molecular formula is C20H22O4. The van der Waals surface area contributed by atoms with Crippen LogP contribution in [0.4, 0.5) is 0 Å². The summed E-state index contributed by atoms with van der Waals surface area (Å²) in [5.41, 5.74) is 0.653. The Kier molecular flexibility index (Phi) is 4.33. The van der Waals surface area contributed by atoms with Crippen molar-refractivity contribution in [3.63, 3.8) is 0 Å². The first kappa shape index (κ1) is 16.5. The van der Waals surface area contributed by atoms with Crippen LogP contribution in [-0.4, -0.2) is 22.3 Å². The number of benzene rings is 2. The van der Waals surface area contributed by atoms with Gasteiger partial charge in [0.25, 0.3) is 0 Å². The molecule has 24 heavy (non-hydrogen) atoms. The normalized spacial score (nSPS) is 23.2. The number of aliphatic carboxylic acids is 1. The number of fused-ring (bicyclic) bond motifs is 1. The summed E-state index contributed by atoms with van der Waals surface area (Å²) in [4.78, 5) is 11.8. The molecule has 0 amide bonds. The number of hydrogen-bond acceptors (Lipinski definition) is 3. The molecule has 0 bridgehead atoms. The molecule has 0 aromatic heterocycles. The summed E-state index contributed by atoms with van der Waals surface area (Å²) in [6.07, 6.45) is -0.837. The van der Waals surface area contributed by atoms with Crippen LogP contribution in [0.3, 0.4) is 0 Å². The Hall–Kier alpha value is -2.33. The molecule has 1 aliphatic rings. The van der Waals surface area contributed by atoms with Gasteiger partial charge in [-0.05, 0) is 31.9 Å². The van der Waals surface area contributed by atoms with Crippen LogP contribution in [0.2, 0.25) is 0 Å². The predicted molar refractivity (Wildman–Crippen MR) is 90.9 cm³/mol. The topological polar surface area (TPSA) is 66.8 Å². The van der Waals surface area contributed by atoms with Gasteiger partial charge in [-0.25, -0.2) is 0 Å². The van der Waals surface area contributed by atoms with Crippen LogP contribution in [0.25, 0.3) is 0 Å². The maximum Gasteiger partial charge on any atom is 0.312 e. The lowest BCUT2D eigenvalue weighted by Crippen LogP contribution is -2.50. The number of carboxylic acid groups (broad SMARTS) is 1. The zero-order chi connectivity index (χ0) is 17.3. The van der Waals surface area contributed by atoms with Crippen LogP contribution in [-0.2, 0) is 11.2 Å². The second-order valence-electron chi connectivity index (χ2n) is 6.90. The van der Waals surface area contributed by atoms with Crippen LogP contribution >= 0.6 is 0 Å². The lowest BCUT2D eigenvalue weighted by molar-refractivity contribution is -0.158. The fourth-order valence-corrected chi connectivity index (χ4v) is 3.36. The van der Waals surface area contributed by atoms with Gasteiger partial charge in [-0.2, -0.15) is 0 Å². The minimum atomic E-state index is -1.12. The van der Waals surface area contributed by atoms with Crippen LogP contribution < -0.4 is 4.74 Å². The number of carbonyl (C=O) groups is 1. The van der Waals surface area contributed by atoms with E-state index < -0.39 is 23.6 Å². The molecule has 0 aliphatic carbocycles. The van der Waals surface area contributed by atoms with E-state index >= 15 is 0 Å². The van der Waals surface area contributed by atoms with Gasteiger partial charge in [0.1, 0.15) is 11.9 Å². The maximum absolute atomic E-state index is 11.8. The molecule has 1 heterocycles. The lowest BCUT2D eigenvalue weighted by atomic mass is 9.72. The van der Waals surface area contributed by atoms with Gasteiger partial charge in [-0.15, -0.1) is 0 Å². The van der Waals surface area contributed by atoms with Gasteiger partial charge < -0.3 is 14.9 Å². The smallest absolute Gasteiger partial charge is 0.312 e. The third kappa shape index (κ3) is 2.89. The molecule has 0 saturated carbocycles. The zero-order valence-electron chi connectivity index (χ0n) is 13.8. The van der Waals surface area contributed by atoms with Gasteiger partial charge >= 0.3 is 5.97 Å². The summed E-state index contributed by atoms with van der Waals surface area (Å²) in [7, 11) is 0. The van der Waals surface area contributed by atoms with Crippen LogP contribution in [0, 0.1) is 11.3 Å². The van der Waals surface area contributed by atoms with Crippen molar-refractivity contribution in [1.29, 1.82) is 0 Å². The van der Waals surface area contributed by atoms with Crippen molar-refractivity contribution >= 4 is 5.97 Å². The Bertz CT molecular complexity index is 723. The second-order valence-corrected chi connectivity index (χ2v) is 6.90. The quantitative estimate of drug-likeness (QED) is 0.903. The standard InChI is InChI=1S/C20H22O4/c1-20(2,19(22)23)18-15(12-13-8-4-3-5-9-13)17(21)14-10-6-7-11-16(14)24-18/h3-11,15,17-18,21H,12H2,1-2H3,(H,22,23)/t15-,17+,18?/m0/s1. The molecule has 2 N–H and O–H groups in total. The highest BCUT2D eigenvalue weighted by Crippen LogP contribution is 2.45. The van der Waals surface area contributed by atoms with E-state index in [1.165, 1.54) is 0 Å². The van der Waals surface area contributed by atoms with Crippen molar-refractivity contribution in [2.75, 3.05) is 0 Å². The lowest BCUT2D eigenvalue weighted by Gasteiger charge is -2.43. The highest BCUT2D eigenvalue weighted by Gasteiger charge is 2.49. The summed E-state index contributed by atoms with van der Waals surface area (Å²) < 4.78 is 6.07. The Morgan fingerprint density at radius 3 is 2.38 bits per heavy atom. The Morgan fingerprint density at radius 2 is 1.71 bits per heavy atom. The average Bonchev–Trinajstić information content (AvgIpc) is 2.58.